The standard InChI is InChI=1S/C14H16N2O3.ClH/c1-2-18-14(17)12-6-10-11(16-12)4-3-8-5-9(7-15)19-13(8)10;/h3-4,6,9,16H,2,5,7,15H2,1H3;1H. The van der Waals surface area contributed by atoms with Gasteiger partial charge in [-0.2, -0.15) is 0 Å². The molecule has 2 heterocycles. The molecule has 0 bridgehead atoms. The van der Waals surface area contributed by atoms with Gasteiger partial charge in [0.05, 0.1) is 6.61 Å². The monoisotopic (exact) mass is 296 g/mol. The van der Waals surface area contributed by atoms with Crippen LogP contribution in [-0.4, -0.2) is 30.2 Å². The smallest absolute Gasteiger partial charge is 0.354 e. The van der Waals surface area contributed by atoms with Crippen molar-refractivity contribution in [3.05, 3.63) is 29.5 Å². The highest BCUT2D eigenvalue weighted by molar-refractivity contribution is 5.97. The van der Waals surface area contributed by atoms with E-state index in [1.54, 1.807) is 13.0 Å². The fourth-order valence-corrected chi connectivity index (χ4v) is 2.43. The molecule has 3 rings (SSSR count). The topological polar surface area (TPSA) is 77.3 Å². The summed E-state index contributed by atoms with van der Waals surface area (Å²) >= 11 is 0. The molecule has 0 aliphatic carbocycles. The van der Waals surface area contributed by atoms with Crippen molar-refractivity contribution in [2.75, 3.05) is 13.2 Å². The minimum absolute atomic E-state index is 0. The summed E-state index contributed by atoms with van der Waals surface area (Å²) < 4.78 is 10.8. The first-order valence-corrected chi connectivity index (χ1v) is 6.41. The zero-order valence-electron chi connectivity index (χ0n) is 11.1. The summed E-state index contributed by atoms with van der Waals surface area (Å²) in [6.07, 6.45) is 0.850. The van der Waals surface area contributed by atoms with Crippen LogP contribution in [-0.2, 0) is 11.2 Å². The number of carbonyl (C=O) groups is 1. The highest BCUT2D eigenvalue weighted by atomic mass is 35.5. The van der Waals surface area contributed by atoms with Gasteiger partial charge >= 0.3 is 5.97 Å². The number of carbonyl (C=O) groups excluding carboxylic acids is 1. The van der Waals surface area contributed by atoms with E-state index in [1.165, 1.54) is 0 Å². The van der Waals surface area contributed by atoms with Crippen LogP contribution >= 0.6 is 12.4 Å². The van der Waals surface area contributed by atoms with Gasteiger partial charge in [-0.25, -0.2) is 4.79 Å². The summed E-state index contributed by atoms with van der Waals surface area (Å²) in [5.41, 5.74) is 8.10. The van der Waals surface area contributed by atoms with E-state index in [0.29, 0.717) is 18.8 Å². The van der Waals surface area contributed by atoms with E-state index in [9.17, 15) is 4.79 Å². The average Bonchev–Trinajstić information content (AvgIpc) is 3.01. The molecule has 108 valence electrons. The molecule has 0 radical (unpaired) electrons. The highest BCUT2D eigenvalue weighted by Crippen LogP contribution is 2.36. The number of hydrogen-bond donors (Lipinski definition) is 2. The Labute approximate surface area is 122 Å². The summed E-state index contributed by atoms with van der Waals surface area (Å²) in [5, 5.41) is 0.913. The average molecular weight is 297 g/mol. The molecular formula is C14H17ClN2O3. The molecule has 20 heavy (non-hydrogen) atoms. The lowest BCUT2D eigenvalue weighted by atomic mass is 10.1. The fourth-order valence-electron chi connectivity index (χ4n) is 2.43. The van der Waals surface area contributed by atoms with E-state index in [1.807, 2.05) is 12.1 Å². The number of aromatic amines is 1. The van der Waals surface area contributed by atoms with Crippen molar-refractivity contribution in [3.8, 4) is 5.75 Å². The molecule has 1 aromatic heterocycles. The lowest BCUT2D eigenvalue weighted by Gasteiger charge is -2.06. The molecule has 0 saturated heterocycles. The summed E-state index contributed by atoms with van der Waals surface area (Å²) in [5.74, 6) is 0.487. The fraction of sp³-hybridized carbons (Fsp3) is 0.357. The summed E-state index contributed by atoms with van der Waals surface area (Å²) in [4.78, 5) is 14.8. The molecule has 1 atom stereocenters. The number of nitrogens with two attached hydrogens (primary N) is 1. The van der Waals surface area contributed by atoms with Crippen molar-refractivity contribution in [1.82, 2.24) is 4.98 Å². The van der Waals surface area contributed by atoms with Crippen molar-refractivity contribution in [2.45, 2.75) is 19.4 Å². The quantitative estimate of drug-likeness (QED) is 0.850. The van der Waals surface area contributed by atoms with Crippen LogP contribution in [0.4, 0.5) is 0 Å². The van der Waals surface area contributed by atoms with Crippen LogP contribution in [0, 0.1) is 0 Å². The van der Waals surface area contributed by atoms with E-state index in [0.717, 1.165) is 28.6 Å². The second-order valence-electron chi connectivity index (χ2n) is 4.60. The molecule has 0 amide bonds. The Hall–Kier alpha value is -1.72. The predicted molar refractivity (Wildman–Crippen MR) is 78.7 cm³/mol. The normalized spacial score (nSPS) is 16.4. The van der Waals surface area contributed by atoms with Crippen LogP contribution < -0.4 is 10.5 Å². The van der Waals surface area contributed by atoms with Gasteiger partial charge in [-0.15, -0.1) is 12.4 Å². The number of aromatic nitrogens is 1. The maximum absolute atomic E-state index is 11.7. The number of benzene rings is 1. The van der Waals surface area contributed by atoms with E-state index in [2.05, 4.69) is 4.98 Å². The van der Waals surface area contributed by atoms with E-state index in [4.69, 9.17) is 15.2 Å². The zero-order chi connectivity index (χ0) is 13.4. The van der Waals surface area contributed by atoms with Crippen molar-refractivity contribution in [2.24, 2.45) is 5.73 Å². The molecule has 2 aromatic rings. The molecule has 0 spiro atoms. The number of fused-ring (bicyclic) bond motifs is 3. The molecule has 1 aliphatic rings. The third-order valence-corrected chi connectivity index (χ3v) is 3.33. The molecule has 1 aliphatic heterocycles. The Balaban J connectivity index is 0.00000147. The molecule has 3 N–H and O–H groups in total. The van der Waals surface area contributed by atoms with Gasteiger partial charge in [-0.3, -0.25) is 0 Å². The predicted octanol–water partition coefficient (Wildman–Crippen LogP) is 2.03. The van der Waals surface area contributed by atoms with Crippen molar-refractivity contribution < 1.29 is 14.3 Å². The first-order valence-electron chi connectivity index (χ1n) is 6.41. The Morgan fingerprint density at radius 2 is 2.35 bits per heavy atom. The van der Waals surface area contributed by atoms with E-state index in [-0.39, 0.29) is 24.5 Å². The van der Waals surface area contributed by atoms with Crippen LogP contribution in [0.15, 0.2) is 18.2 Å². The second-order valence-corrected chi connectivity index (χ2v) is 4.60. The number of rotatable bonds is 3. The van der Waals surface area contributed by atoms with Crippen LogP contribution in [0.1, 0.15) is 23.0 Å². The lowest BCUT2D eigenvalue weighted by Crippen LogP contribution is -2.24. The van der Waals surface area contributed by atoms with Crippen LogP contribution in [0.3, 0.4) is 0 Å². The van der Waals surface area contributed by atoms with Gasteiger partial charge in [0.25, 0.3) is 0 Å². The molecule has 0 fully saturated rings. The first kappa shape index (κ1) is 14.7. The first-order chi connectivity index (χ1) is 9.22. The van der Waals surface area contributed by atoms with Crippen molar-refractivity contribution in [3.63, 3.8) is 0 Å². The molecule has 5 nitrogen and oxygen atoms in total. The summed E-state index contributed by atoms with van der Waals surface area (Å²) in [6, 6.07) is 5.75. The minimum Gasteiger partial charge on any atom is -0.488 e. The van der Waals surface area contributed by atoms with Crippen LogP contribution in [0.2, 0.25) is 0 Å². The Morgan fingerprint density at radius 3 is 3.05 bits per heavy atom. The number of nitrogens with one attached hydrogen (secondary N) is 1. The third kappa shape index (κ3) is 2.34. The highest BCUT2D eigenvalue weighted by Gasteiger charge is 2.25. The summed E-state index contributed by atoms with van der Waals surface area (Å²) in [7, 11) is 0. The second kappa shape index (κ2) is 5.73. The van der Waals surface area contributed by atoms with Crippen molar-refractivity contribution in [1.29, 1.82) is 0 Å². The maximum Gasteiger partial charge on any atom is 0.354 e. The Bertz CT molecular complexity index is 639. The van der Waals surface area contributed by atoms with Gasteiger partial charge in [0.1, 0.15) is 17.5 Å². The Morgan fingerprint density at radius 1 is 1.55 bits per heavy atom. The molecular weight excluding hydrogens is 280 g/mol. The molecule has 1 unspecified atom stereocenters. The lowest BCUT2D eigenvalue weighted by molar-refractivity contribution is 0.0520. The number of hydrogen-bond acceptors (Lipinski definition) is 4. The van der Waals surface area contributed by atoms with Gasteiger partial charge in [-0.05, 0) is 24.6 Å². The molecule has 0 saturated carbocycles. The van der Waals surface area contributed by atoms with Gasteiger partial charge in [0.2, 0.25) is 0 Å². The SMILES string of the molecule is CCOC(=O)c1cc2c3c(ccc2[nH]1)CC(CN)O3.Cl. The summed E-state index contributed by atoms with van der Waals surface area (Å²) in [6.45, 7) is 2.64. The van der Waals surface area contributed by atoms with Gasteiger partial charge < -0.3 is 20.2 Å². The van der Waals surface area contributed by atoms with Gasteiger partial charge in [0.15, 0.2) is 0 Å². The van der Waals surface area contributed by atoms with E-state index < -0.39 is 0 Å². The number of esters is 1. The van der Waals surface area contributed by atoms with Crippen molar-refractivity contribution >= 4 is 29.3 Å². The Kier molecular flexibility index (Phi) is 4.20. The van der Waals surface area contributed by atoms with Crippen LogP contribution in [0.5, 0.6) is 5.75 Å². The zero-order valence-corrected chi connectivity index (χ0v) is 12.0. The number of halogens is 1. The number of ether oxygens (including phenoxy) is 2. The molecule has 6 heteroatoms. The minimum atomic E-state index is -0.346. The molecule has 1 aromatic carbocycles. The maximum atomic E-state index is 11.7. The van der Waals surface area contributed by atoms with Gasteiger partial charge in [-0.1, -0.05) is 6.07 Å². The third-order valence-electron chi connectivity index (χ3n) is 3.33. The number of H-pyrrole nitrogens is 1. The van der Waals surface area contributed by atoms with Gasteiger partial charge in [0, 0.05) is 23.9 Å². The van der Waals surface area contributed by atoms with E-state index >= 15 is 0 Å². The largest absolute Gasteiger partial charge is 0.488 e. The van der Waals surface area contributed by atoms with Crippen LogP contribution in [0.25, 0.3) is 10.9 Å².